The number of hydrogen-bond donors (Lipinski definition) is 1. The number of rotatable bonds is 4. The average molecular weight is 308 g/mol. The van der Waals surface area contributed by atoms with Crippen molar-refractivity contribution in [1.82, 2.24) is 10.2 Å². The van der Waals surface area contributed by atoms with Gasteiger partial charge in [-0.25, -0.2) is 0 Å². The maximum atomic E-state index is 12.8. The zero-order valence-electron chi connectivity index (χ0n) is 13.8. The van der Waals surface area contributed by atoms with E-state index in [1.54, 1.807) is 0 Å². The van der Waals surface area contributed by atoms with Gasteiger partial charge in [0.15, 0.2) is 0 Å². The summed E-state index contributed by atoms with van der Waals surface area (Å²) in [6.45, 7) is 5.29. The monoisotopic (exact) mass is 308 g/mol. The zero-order chi connectivity index (χ0) is 15.7. The lowest BCUT2D eigenvalue weighted by molar-refractivity contribution is -0.162. The molecule has 2 saturated carbocycles. The molecule has 1 heterocycles. The summed E-state index contributed by atoms with van der Waals surface area (Å²) in [4.78, 5) is 27.1. The van der Waals surface area contributed by atoms with Crippen LogP contribution in [0.1, 0.15) is 58.8 Å². The van der Waals surface area contributed by atoms with Crippen LogP contribution in [0.15, 0.2) is 0 Å². The van der Waals surface area contributed by atoms with Gasteiger partial charge in [0.25, 0.3) is 0 Å². The highest BCUT2D eigenvalue weighted by Gasteiger charge is 2.55. The van der Waals surface area contributed by atoms with Gasteiger partial charge in [0, 0.05) is 12.5 Å². The number of nitrogens with zero attached hydrogens (tertiary/aromatic N) is 1. The van der Waals surface area contributed by atoms with Crippen LogP contribution < -0.4 is 5.32 Å². The van der Waals surface area contributed by atoms with Crippen LogP contribution in [0.3, 0.4) is 0 Å². The van der Waals surface area contributed by atoms with Crippen molar-refractivity contribution in [3.05, 3.63) is 0 Å². The Morgan fingerprint density at radius 3 is 2.50 bits per heavy atom. The van der Waals surface area contributed by atoms with E-state index in [9.17, 15) is 9.59 Å². The van der Waals surface area contributed by atoms with E-state index in [-0.39, 0.29) is 17.7 Å². The minimum Gasteiger partial charge on any atom is -0.354 e. The molecule has 5 heteroatoms. The maximum absolute atomic E-state index is 12.8. The van der Waals surface area contributed by atoms with Gasteiger partial charge in [-0.05, 0) is 50.9 Å². The Balaban J connectivity index is 1.79. The molecule has 0 aromatic heterocycles. The largest absolute Gasteiger partial charge is 0.354 e. The second-order valence-electron chi connectivity index (χ2n) is 7.23. The van der Waals surface area contributed by atoms with E-state index in [0.717, 1.165) is 44.9 Å². The smallest absolute Gasteiger partial charge is 0.245 e. The molecule has 1 atom stereocenters. The summed E-state index contributed by atoms with van der Waals surface area (Å²) in [5, 5.41) is 2.94. The summed E-state index contributed by atoms with van der Waals surface area (Å²) in [6.07, 6.45) is 6.69. The van der Waals surface area contributed by atoms with Crippen molar-refractivity contribution in [1.29, 1.82) is 0 Å². The number of carbonyl (C=O) groups excluding carboxylic acids is 2. The Bertz CT molecular complexity index is 439. The first kappa shape index (κ1) is 15.8. The van der Waals surface area contributed by atoms with E-state index >= 15 is 0 Å². The summed E-state index contributed by atoms with van der Waals surface area (Å²) < 4.78 is 6.10. The summed E-state index contributed by atoms with van der Waals surface area (Å²) >= 11 is 0. The number of hydrogen-bond acceptors (Lipinski definition) is 3. The maximum Gasteiger partial charge on any atom is 0.245 e. The fourth-order valence-corrected chi connectivity index (χ4v) is 3.70. The van der Waals surface area contributed by atoms with Gasteiger partial charge in [-0.2, -0.15) is 0 Å². The van der Waals surface area contributed by atoms with Crippen LogP contribution in [-0.2, 0) is 14.3 Å². The van der Waals surface area contributed by atoms with Crippen LogP contribution in [0.2, 0.25) is 0 Å². The fraction of sp³-hybridized carbons (Fsp3) is 0.882. The van der Waals surface area contributed by atoms with Crippen LogP contribution in [0, 0.1) is 11.8 Å². The van der Waals surface area contributed by atoms with Crippen LogP contribution >= 0.6 is 0 Å². The summed E-state index contributed by atoms with van der Waals surface area (Å²) in [7, 11) is 0. The molecule has 1 aliphatic heterocycles. The van der Waals surface area contributed by atoms with Gasteiger partial charge in [-0.15, -0.1) is 0 Å². The number of nitrogens with one attached hydrogen (secondary N) is 1. The van der Waals surface area contributed by atoms with Gasteiger partial charge in [0.2, 0.25) is 11.8 Å². The molecule has 0 radical (unpaired) electrons. The predicted octanol–water partition coefficient (Wildman–Crippen LogP) is 2.06. The van der Waals surface area contributed by atoms with E-state index in [4.69, 9.17) is 4.74 Å². The first-order chi connectivity index (χ1) is 10.6. The normalized spacial score (nSPS) is 34.9. The van der Waals surface area contributed by atoms with Crippen molar-refractivity contribution in [3.63, 3.8) is 0 Å². The highest BCUT2D eigenvalue weighted by atomic mass is 16.5. The van der Waals surface area contributed by atoms with Crippen molar-refractivity contribution in [2.24, 2.45) is 11.8 Å². The van der Waals surface area contributed by atoms with Gasteiger partial charge >= 0.3 is 0 Å². The molecule has 1 N–H and O–H groups in total. The van der Waals surface area contributed by atoms with Gasteiger partial charge in [0.1, 0.15) is 11.8 Å². The molecule has 5 nitrogen and oxygen atoms in total. The van der Waals surface area contributed by atoms with Gasteiger partial charge in [-0.1, -0.05) is 13.8 Å². The third kappa shape index (κ3) is 2.87. The van der Waals surface area contributed by atoms with Crippen LogP contribution in [0.25, 0.3) is 0 Å². The molecule has 1 spiro atoms. The topological polar surface area (TPSA) is 58.6 Å². The Hall–Kier alpha value is -1.10. The molecule has 2 aliphatic carbocycles. The van der Waals surface area contributed by atoms with Crippen molar-refractivity contribution >= 4 is 11.8 Å². The van der Waals surface area contributed by atoms with E-state index in [1.165, 1.54) is 0 Å². The van der Waals surface area contributed by atoms with Gasteiger partial charge in [0.05, 0.1) is 6.61 Å². The van der Waals surface area contributed by atoms with Crippen molar-refractivity contribution < 1.29 is 14.3 Å². The Labute approximate surface area is 132 Å². The second kappa shape index (κ2) is 6.19. The van der Waals surface area contributed by atoms with Crippen molar-refractivity contribution in [2.75, 3.05) is 13.2 Å². The molecule has 0 unspecified atom stereocenters. The molecule has 3 aliphatic rings. The SMILES string of the molecule is CCCNC(=O)[C@H]1COC2(CCC(C)CC2)N1C(=O)C1CC1. The van der Waals surface area contributed by atoms with E-state index in [2.05, 4.69) is 12.2 Å². The van der Waals surface area contributed by atoms with Gasteiger partial charge in [-0.3, -0.25) is 14.5 Å². The molecule has 0 aromatic rings. The third-order valence-electron chi connectivity index (χ3n) is 5.33. The first-order valence-corrected chi connectivity index (χ1v) is 8.82. The highest BCUT2D eigenvalue weighted by molar-refractivity contribution is 5.90. The van der Waals surface area contributed by atoms with Crippen LogP contribution in [0.5, 0.6) is 0 Å². The quantitative estimate of drug-likeness (QED) is 0.865. The summed E-state index contributed by atoms with van der Waals surface area (Å²) in [5.41, 5.74) is -0.513. The van der Waals surface area contributed by atoms with Crippen LogP contribution in [0.4, 0.5) is 0 Å². The third-order valence-corrected chi connectivity index (χ3v) is 5.33. The molecule has 1 saturated heterocycles. The molecule has 0 bridgehead atoms. The highest BCUT2D eigenvalue weighted by Crippen LogP contribution is 2.45. The summed E-state index contributed by atoms with van der Waals surface area (Å²) in [6, 6.07) is -0.437. The zero-order valence-corrected chi connectivity index (χ0v) is 13.8. The van der Waals surface area contributed by atoms with Gasteiger partial charge < -0.3 is 10.1 Å². The van der Waals surface area contributed by atoms with Crippen molar-refractivity contribution in [2.45, 2.75) is 70.6 Å². The lowest BCUT2D eigenvalue weighted by Gasteiger charge is -2.43. The Morgan fingerprint density at radius 2 is 1.91 bits per heavy atom. The molecule has 0 aromatic carbocycles. The number of ether oxygens (including phenoxy) is 1. The lowest BCUT2D eigenvalue weighted by Crippen LogP contribution is -2.57. The summed E-state index contributed by atoms with van der Waals surface area (Å²) in [5.74, 6) is 0.898. The molecule has 3 fully saturated rings. The Morgan fingerprint density at radius 1 is 1.23 bits per heavy atom. The average Bonchev–Trinajstić information content (AvgIpc) is 3.30. The standard InChI is InChI=1S/C17H28N2O3/c1-3-10-18-15(20)14-11-22-17(8-6-12(2)7-9-17)19(14)16(21)13-4-5-13/h12-14H,3-11H2,1-2H3,(H,18,20)/t12?,14-,17?/m1/s1. The second-order valence-corrected chi connectivity index (χ2v) is 7.23. The number of carbonyl (C=O) groups is 2. The molecule has 2 amide bonds. The predicted molar refractivity (Wildman–Crippen MR) is 83.0 cm³/mol. The minimum absolute atomic E-state index is 0.0497. The molecule has 124 valence electrons. The molecular weight excluding hydrogens is 280 g/mol. The lowest BCUT2D eigenvalue weighted by atomic mass is 9.83. The minimum atomic E-state index is -0.513. The van der Waals surface area contributed by atoms with E-state index in [1.807, 2.05) is 11.8 Å². The molecular formula is C17H28N2O3. The van der Waals surface area contributed by atoms with E-state index in [0.29, 0.717) is 19.1 Å². The molecule has 3 rings (SSSR count). The van der Waals surface area contributed by atoms with E-state index < -0.39 is 11.8 Å². The number of amides is 2. The van der Waals surface area contributed by atoms with Crippen molar-refractivity contribution in [3.8, 4) is 0 Å². The Kier molecular flexibility index (Phi) is 4.44. The first-order valence-electron chi connectivity index (χ1n) is 8.82. The van der Waals surface area contributed by atoms with Crippen LogP contribution in [-0.4, -0.2) is 41.6 Å². The molecule has 22 heavy (non-hydrogen) atoms. The fourth-order valence-electron chi connectivity index (χ4n) is 3.70.